The molecule has 2 aliphatic heterocycles. The second kappa shape index (κ2) is 11.5. The van der Waals surface area contributed by atoms with E-state index in [-0.39, 0.29) is 17.6 Å². The van der Waals surface area contributed by atoms with Gasteiger partial charge in [0.15, 0.2) is 5.54 Å². The summed E-state index contributed by atoms with van der Waals surface area (Å²) in [4.78, 5) is 25.4. The number of hydrogen-bond acceptors (Lipinski definition) is 10. The summed E-state index contributed by atoms with van der Waals surface area (Å²) in [7, 11) is 3.20. The molecule has 0 radical (unpaired) electrons. The van der Waals surface area contributed by atoms with Crippen LogP contribution in [0.15, 0.2) is 110 Å². The smallest absolute Gasteiger partial charge is 0.283 e. The number of hydrogen-bond donors (Lipinski definition) is 1. The van der Waals surface area contributed by atoms with E-state index in [4.69, 9.17) is 34.1 Å². The SMILES string of the molecule is COc1ccc2c(c1)[C@]1(N=C(N)O[C@H]1C)c1cc(-c3cncnc3)ccc1O2.COc1ccc2oc3ccc(Br)cc3c(=O)c2c1. The Bertz CT molecular complexity index is 2220. The maximum Gasteiger partial charge on any atom is 0.283 e. The minimum atomic E-state index is -0.826. The summed E-state index contributed by atoms with van der Waals surface area (Å²) < 4.78 is 29.1. The summed E-state index contributed by atoms with van der Waals surface area (Å²) in [5, 5.41) is 1.09. The highest BCUT2D eigenvalue weighted by Gasteiger charge is 2.52. The molecule has 0 saturated carbocycles. The van der Waals surface area contributed by atoms with Gasteiger partial charge in [-0.25, -0.2) is 15.0 Å². The van der Waals surface area contributed by atoms with E-state index in [1.54, 1.807) is 56.9 Å². The highest BCUT2D eigenvalue weighted by molar-refractivity contribution is 9.10. The van der Waals surface area contributed by atoms with E-state index in [0.29, 0.717) is 44.9 Å². The molecule has 2 N–H and O–H groups in total. The molecule has 4 aromatic carbocycles. The fourth-order valence-corrected chi connectivity index (χ4v) is 6.24. The topological polar surface area (TPSA) is 131 Å². The van der Waals surface area contributed by atoms with E-state index in [2.05, 4.69) is 25.9 Å². The lowest BCUT2D eigenvalue weighted by atomic mass is 9.76. The molecule has 6 aromatic rings. The fraction of sp³-hybridized carbons (Fsp3) is 0.143. The predicted octanol–water partition coefficient (Wildman–Crippen LogP) is 6.95. The number of methoxy groups -OCH3 is 2. The first-order valence-electron chi connectivity index (χ1n) is 14.3. The first-order chi connectivity index (χ1) is 22.3. The van der Waals surface area contributed by atoms with Crippen LogP contribution in [0, 0.1) is 0 Å². The van der Waals surface area contributed by atoms with Crippen molar-refractivity contribution in [2.75, 3.05) is 14.2 Å². The second-order valence-corrected chi connectivity index (χ2v) is 11.6. The Morgan fingerprint density at radius 1 is 0.804 bits per heavy atom. The van der Waals surface area contributed by atoms with Gasteiger partial charge in [-0.2, -0.15) is 0 Å². The van der Waals surface area contributed by atoms with Crippen LogP contribution >= 0.6 is 15.9 Å². The Morgan fingerprint density at radius 3 is 2.13 bits per heavy atom. The Balaban J connectivity index is 0.000000162. The zero-order chi connectivity index (χ0) is 32.0. The van der Waals surface area contributed by atoms with Crippen LogP contribution in [0.2, 0.25) is 0 Å². The molecule has 10 nitrogen and oxygen atoms in total. The molecule has 0 amide bonds. The molecule has 46 heavy (non-hydrogen) atoms. The molecule has 0 saturated heterocycles. The number of aliphatic imine (C=N–C) groups is 1. The van der Waals surface area contributed by atoms with Gasteiger partial charge in [0.1, 0.15) is 46.6 Å². The predicted molar refractivity (Wildman–Crippen MR) is 178 cm³/mol. The molecular weight excluding hydrogens is 652 g/mol. The minimum absolute atomic E-state index is 0.0496. The minimum Gasteiger partial charge on any atom is -0.497 e. The van der Waals surface area contributed by atoms with Crippen molar-refractivity contribution in [2.45, 2.75) is 18.6 Å². The number of aromatic nitrogens is 2. The van der Waals surface area contributed by atoms with E-state index >= 15 is 0 Å². The molecule has 0 bridgehead atoms. The van der Waals surface area contributed by atoms with Gasteiger partial charge < -0.3 is 29.1 Å². The van der Waals surface area contributed by atoms with Gasteiger partial charge in [0.05, 0.1) is 25.0 Å². The van der Waals surface area contributed by atoms with Crippen LogP contribution in [0.4, 0.5) is 0 Å². The van der Waals surface area contributed by atoms with Crippen LogP contribution < -0.4 is 25.4 Å². The third kappa shape index (κ3) is 4.89. The van der Waals surface area contributed by atoms with Gasteiger partial charge in [0.25, 0.3) is 6.02 Å². The zero-order valence-corrected chi connectivity index (χ0v) is 26.6. The van der Waals surface area contributed by atoms with E-state index in [9.17, 15) is 4.79 Å². The van der Waals surface area contributed by atoms with E-state index in [0.717, 1.165) is 26.7 Å². The number of amidine groups is 1. The highest BCUT2D eigenvalue weighted by Crippen LogP contribution is 2.54. The third-order valence-electron chi connectivity index (χ3n) is 8.11. The van der Waals surface area contributed by atoms with Gasteiger partial charge >= 0.3 is 0 Å². The lowest BCUT2D eigenvalue weighted by Gasteiger charge is -2.37. The van der Waals surface area contributed by atoms with Crippen LogP contribution in [0.3, 0.4) is 0 Å². The molecule has 8 rings (SSSR count). The summed E-state index contributed by atoms with van der Waals surface area (Å²) >= 11 is 3.35. The van der Waals surface area contributed by atoms with Crippen molar-refractivity contribution in [3.05, 3.63) is 117 Å². The van der Waals surface area contributed by atoms with E-state index < -0.39 is 5.54 Å². The molecule has 2 atom stereocenters. The van der Waals surface area contributed by atoms with Crippen molar-refractivity contribution in [1.82, 2.24) is 9.97 Å². The highest BCUT2D eigenvalue weighted by atomic mass is 79.9. The van der Waals surface area contributed by atoms with Gasteiger partial charge in [0.2, 0.25) is 5.43 Å². The van der Waals surface area contributed by atoms with Crippen molar-refractivity contribution in [3.8, 4) is 34.1 Å². The number of benzene rings is 4. The molecule has 0 fully saturated rings. The maximum absolute atomic E-state index is 12.4. The number of nitrogens with two attached hydrogens (primary N) is 1. The largest absolute Gasteiger partial charge is 0.497 e. The lowest BCUT2D eigenvalue weighted by Crippen LogP contribution is -2.37. The van der Waals surface area contributed by atoms with Crippen LogP contribution in [0.1, 0.15) is 18.1 Å². The Morgan fingerprint density at radius 2 is 1.43 bits per heavy atom. The van der Waals surface area contributed by atoms with Gasteiger partial charge in [0, 0.05) is 33.6 Å². The normalized spacial score (nSPS) is 17.7. The lowest BCUT2D eigenvalue weighted by molar-refractivity contribution is 0.166. The second-order valence-electron chi connectivity index (χ2n) is 10.7. The molecule has 0 aliphatic carbocycles. The summed E-state index contributed by atoms with van der Waals surface area (Å²) in [6.07, 6.45) is 4.73. The van der Waals surface area contributed by atoms with Gasteiger partial charge in [-0.1, -0.05) is 22.0 Å². The summed E-state index contributed by atoms with van der Waals surface area (Å²) in [5.74, 6) is 2.78. The monoisotopic (exact) mass is 678 g/mol. The summed E-state index contributed by atoms with van der Waals surface area (Å²) in [5.41, 5.74) is 9.87. The van der Waals surface area contributed by atoms with Gasteiger partial charge in [-0.3, -0.25) is 4.79 Å². The van der Waals surface area contributed by atoms with E-state index in [1.165, 1.54) is 6.33 Å². The van der Waals surface area contributed by atoms with E-state index in [1.807, 2.05) is 49.4 Å². The third-order valence-corrected chi connectivity index (χ3v) is 8.60. The average Bonchev–Trinajstić information content (AvgIpc) is 3.39. The molecule has 0 unspecified atom stereocenters. The average molecular weight is 680 g/mol. The number of nitrogens with zero attached hydrogens (tertiary/aromatic N) is 3. The van der Waals surface area contributed by atoms with Crippen LogP contribution in [-0.2, 0) is 10.3 Å². The maximum atomic E-state index is 12.4. The first-order valence-corrected chi connectivity index (χ1v) is 15.1. The molecule has 4 heterocycles. The van der Waals surface area contributed by atoms with Crippen LogP contribution in [0.25, 0.3) is 33.1 Å². The summed E-state index contributed by atoms with van der Waals surface area (Å²) in [6, 6.07) is 22.4. The van der Waals surface area contributed by atoms with Crippen molar-refractivity contribution in [3.63, 3.8) is 0 Å². The molecule has 2 aliphatic rings. The fourth-order valence-electron chi connectivity index (χ4n) is 5.88. The van der Waals surface area contributed by atoms with Crippen molar-refractivity contribution in [2.24, 2.45) is 10.7 Å². The molecular formula is C35H27BrN4O6. The van der Waals surface area contributed by atoms with Gasteiger partial charge in [-0.15, -0.1) is 0 Å². The number of ether oxygens (including phenoxy) is 4. The first kappa shape index (κ1) is 29.3. The zero-order valence-electron chi connectivity index (χ0n) is 25.0. The van der Waals surface area contributed by atoms with Crippen LogP contribution in [-0.4, -0.2) is 36.3 Å². The number of rotatable bonds is 3. The Hall–Kier alpha value is -5.42. The number of halogens is 1. The number of fused-ring (bicyclic) bond motifs is 6. The van der Waals surface area contributed by atoms with Crippen molar-refractivity contribution in [1.29, 1.82) is 0 Å². The standard InChI is InChI=1S/C21H18N4O3.C14H9BrO3/c1-12-21(25-20(22)27-12)16-7-13(14-9-23-11-24-10-14)3-5-18(16)28-19-6-4-15(26-2)8-17(19)21;1-17-9-3-5-13-11(7-9)14(16)10-6-8(15)2-4-12(10)18-13/h3-12H,1-2H3,(H2,22,25);2-7H,1H3/t12-,21+;/m0./s1. The molecule has 230 valence electrons. The summed E-state index contributed by atoms with van der Waals surface area (Å²) in [6.45, 7) is 1.96. The molecule has 11 heteroatoms. The quantitative estimate of drug-likeness (QED) is 0.197. The molecule has 2 aromatic heterocycles. The molecule has 1 spiro atoms. The van der Waals surface area contributed by atoms with Crippen molar-refractivity contribution < 1.29 is 23.4 Å². The Labute approximate surface area is 271 Å². The Kier molecular flexibility index (Phi) is 7.32. The van der Waals surface area contributed by atoms with Crippen LogP contribution in [0.5, 0.6) is 23.0 Å². The van der Waals surface area contributed by atoms with Gasteiger partial charge in [-0.05, 0) is 79.2 Å². The van der Waals surface area contributed by atoms with Crippen molar-refractivity contribution >= 4 is 43.9 Å².